The number of methoxy groups -OCH3 is 2. The molecule has 2 atom stereocenters. The molecule has 5 heteroatoms. The predicted octanol–water partition coefficient (Wildman–Crippen LogP) is 5.59. The Kier molecular flexibility index (Phi) is 6.68. The quantitative estimate of drug-likeness (QED) is 0.387. The fourth-order valence-electron chi connectivity index (χ4n) is 4.40. The monoisotopic (exact) mass is 442 g/mol. The Morgan fingerprint density at radius 2 is 1.55 bits per heavy atom. The summed E-state index contributed by atoms with van der Waals surface area (Å²) in [6.07, 6.45) is 2.43. The second-order valence-electron chi connectivity index (χ2n) is 8.32. The summed E-state index contributed by atoms with van der Waals surface area (Å²) < 4.78 is 13.1. The van der Waals surface area contributed by atoms with Crippen LogP contribution < -0.4 is 14.8 Å². The van der Waals surface area contributed by atoms with Crippen LogP contribution >= 0.6 is 0 Å². The predicted molar refractivity (Wildman–Crippen MR) is 132 cm³/mol. The van der Waals surface area contributed by atoms with Gasteiger partial charge in [0.05, 0.1) is 20.3 Å². The summed E-state index contributed by atoms with van der Waals surface area (Å²) in [6, 6.07) is 24.0. The average Bonchev–Trinajstić information content (AvgIpc) is 3.19. The van der Waals surface area contributed by atoms with E-state index in [4.69, 9.17) is 9.47 Å². The van der Waals surface area contributed by atoms with E-state index in [0.717, 1.165) is 27.6 Å². The van der Waals surface area contributed by atoms with Crippen LogP contribution in [0.5, 0.6) is 11.5 Å². The van der Waals surface area contributed by atoms with Crippen LogP contribution in [0, 0.1) is 0 Å². The summed E-state index contributed by atoms with van der Waals surface area (Å²) in [7, 11) is 5.31. The van der Waals surface area contributed by atoms with Gasteiger partial charge in [0.15, 0.2) is 0 Å². The highest BCUT2D eigenvalue weighted by Crippen LogP contribution is 2.37. The van der Waals surface area contributed by atoms with Crippen LogP contribution in [0.15, 0.2) is 79.0 Å². The number of fused-ring (bicyclic) bond motifs is 1. The van der Waals surface area contributed by atoms with Crippen molar-refractivity contribution in [3.63, 3.8) is 0 Å². The van der Waals surface area contributed by atoms with E-state index in [1.165, 1.54) is 0 Å². The van der Waals surface area contributed by atoms with Gasteiger partial charge in [0.2, 0.25) is 5.91 Å². The number of nitrogens with zero attached hydrogens (tertiary/aromatic N) is 1. The number of ether oxygens (including phenoxy) is 2. The Morgan fingerprint density at radius 1 is 0.909 bits per heavy atom. The Labute approximate surface area is 195 Å². The molecule has 0 saturated carbocycles. The van der Waals surface area contributed by atoms with Crippen molar-refractivity contribution in [1.29, 1.82) is 0 Å². The lowest BCUT2D eigenvalue weighted by molar-refractivity contribution is -0.121. The summed E-state index contributed by atoms with van der Waals surface area (Å²) in [4.78, 5) is 13.3. The fourth-order valence-corrected chi connectivity index (χ4v) is 4.40. The summed E-state index contributed by atoms with van der Waals surface area (Å²) in [5.74, 6) is 1.23. The molecule has 0 aliphatic heterocycles. The summed E-state index contributed by atoms with van der Waals surface area (Å²) in [5.41, 5.74) is 4.29. The Hall–Kier alpha value is -3.73. The zero-order valence-corrected chi connectivity index (χ0v) is 19.5. The van der Waals surface area contributed by atoms with Crippen molar-refractivity contribution in [2.75, 3.05) is 14.2 Å². The van der Waals surface area contributed by atoms with Gasteiger partial charge in [-0.2, -0.15) is 0 Å². The van der Waals surface area contributed by atoms with Crippen molar-refractivity contribution in [2.24, 2.45) is 7.05 Å². The zero-order chi connectivity index (χ0) is 23.4. The molecule has 0 spiro atoms. The molecule has 0 aliphatic rings. The van der Waals surface area contributed by atoms with Gasteiger partial charge in [0.1, 0.15) is 11.5 Å². The lowest BCUT2D eigenvalue weighted by atomic mass is 9.87. The normalized spacial score (nSPS) is 12.8. The van der Waals surface area contributed by atoms with E-state index in [0.29, 0.717) is 17.9 Å². The number of carbonyl (C=O) groups excluding carboxylic acids is 1. The van der Waals surface area contributed by atoms with Crippen molar-refractivity contribution in [3.8, 4) is 11.5 Å². The zero-order valence-electron chi connectivity index (χ0n) is 19.5. The van der Waals surface area contributed by atoms with Gasteiger partial charge in [-0.3, -0.25) is 4.79 Å². The SMILES string of the molecule is COc1cc(OC)cc(C(CC(=O)NC(C)c2ccccc2)c2cn(C)c3ccccc23)c1. The van der Waals surface area contributed by atoms with Crippen LogP contribution in [0.25, 0.3) is 10.9 Å². The highest BCUT2D eigenvalue weighted by molar-refractivity contribution is 5.86. The number of benzene rings is 3. The van der Waals surface area contributed by atoms with Crippen LogP contribution in [0.1, 0.15) is 42.0 Å². The van der Waals surface area contributed by atoms with Crippen LogP contribution in [-0.4, -0.2) is 24.7 Å². The molecule has 2 unspecified atom stereocenters. The minimum atomic E-state index is -0.164. The van der Waals surface area contributed by atoms with Gasteiger partial charge in [-0.25, -0.2) is 0 Å². The first-order valence-corrected chi connectivity index (χ1v) is 11.1. The van der Waals surface area contributed by atoms with E-state index in [-0.39, 0.29) is 17.9 Å². The fraction of sp³-hybridized carbons (Fsp3) is 0.250. The van der Waals surface area contributed by atoms with E-state index in [1.807, 2.05) is 74.6 Å². The van der Waals surface area contributed by atoms with Gasteiger partial charge in [0, 0.05) is 42.6 Å². The molecule has 0 fully saturated rings. The van der Waals surface area contributed by atoms with E-state index in [9.17, 15) is 4.79 Å². The van der Waals surface area contributed by atoms with E-state index in [2.05, 4.69) is 28.2 Å². The Balaban J connectivity index is 1.73. The molecule has 0 aliphatic carbocycles. The van der Waals surface area contributed by atoms with Gasteiger partial charge in [-0.15, -0.1) is 0 Å². The van der Waals surface area contributed by atoms with E-state index in [1.54, 1.807) is 14.2 Å². The first-order chi connectivity index (χ1) is 16.0. The minimum absolute atomic E-state index is 0.00826. The highest BCUT2D eigenvalue weighted by Gasteiger charge is 2.24. The highest BCUT2D eigenvalue weighted by atomic mass is 16.5. The maximum atomic E-state index is 13.3. The number of aryl methyl sites for hydroxylation is 1. The second-order valence-corrected chi connectivity index (χ2v) is 8.32. The molecule has 0 saturated heterocycles. The first-order valence-electron chi connectivity index (χ1n) is 11.1. The number of amides is 1. The molecule has 1 amide bonds. The van der Waals surface area contributed by atoms with E-state index >= 15 is 0 Å². The van der Waals surface area contributed by atoms with Crippen molar-refractivity contribution in [1.82, 2.24) is 9.88 Å². The van der Waals surface area contributed by atoms with Gasteiger partial charge < -0.3 is 19.4 Å². The minimum Gasteiger partial charge on any atom is -0.497 e. The Morgan fingerprint density at radius 3 is 2.21 bits per heavy atom. The third-order valence-electron chi connectivity index (χ3n) is 6.15. The molecule has 4 rings (SSSR count). The summed E-state index contributed by atoms with van der Waals surface area (Å²) >= 11 is 0. The Bertz CT molecular complexity index is 1220. The van der Waals surface area contributed by atoms with Gasteiger partial charge in [0.25, 0.3) is 0 Å². The first kappa shape index (κ1) is 22.5. The molecule has 0 bridgehead atoms. The number of para-hydroxylation sites is 1. The molecule has 33 heavy (non-hydrogen) atoms. The van der Waals surface area contributed by atoms with Gasteiger partial charge >= 0.3 is 0 Å². The molecule has 170 valence electrons. The van der Waals surface area contributed by atoms with Crippen molar-refractivity contribution < 1.29 is 14.3 Å². The summed E-state index contributed by atoms with van der Waals surface area (Å²) in [5, 5.41) is 4.30. The molecule has 1 N–H and O–H groups in total. The molecular weight excluding hydrogens is 412 g/mol. The number of hydrogen-bond donors (Lipinski definition) is 1. The lowest BCUT2D eigenvalue weighted by Crippen LogP contribution is -2.28. The third kappa shape index (κ3) is 4.87. The molecule has 1 aromatic heterocycles. The van der Waals surface area contributed by atoms with Crippen molar-refractivity contribution in [2.45, 2.75) is 25.3 Å². The maximum absolute atomic E-state index is 13.3. The number of hydrogen-bond acceptors (Lipinski definition) is 3. The van der Waals surface area contributed by atoms with Crippen LogP contribution in [0.2, 0.25) is 0 Å². The number of aromatic nitrogens is 1. The average molecular weight is 443 g/mol. The van der Waals surface area contributed by atoms with Crippen LogP contribution in [0.3, 0.4) is 0 Å². The standard InChI is InChI=1S/C28H30N2O3/c1-19(20-10-6-5-7-11-20)29-28(31)17-25(21-14-22(32-3)16-23(15-21)33-4)26-18-30(2)27-13-9-8-12-24(26)27/h5-16,18-19,25H,17H2,1-4H3,(H,29,31). The van der Waals surface area contributed by atoms with Crippen LogP contribution in [-0.2, 0) is 11.8 Å². The molecule has 5 nitrogen and oxygen atoms in total. The molecular formula is C28H30N2O3. The topological polar surface area (TPSA) is 52.5 Å². The molecule has 3 aromatic carbocycles. The van der Waals surface area contributed by atoms with Gasteiger partial charge in [-0.05, 0) is 41.8 Å². The van der Waals surface area contributed by atoms with Crippen molar-refractivity contribution >= 4 is 16.8 Å². The second kappa shape index (κ2) is 9.82. The van der Waals surface area contributed by atoms with Gasteiger partial charge in [-0.1, -0.05) is 48.5 Å². The number of nitrogens with one attached hydrogen (secondary N) is 1. The maximum Gasteiger partial charge on any atom is 0.221 e. The largest absolute Gasteiger partial charge is 0.497 e. The van der Waals surface area contributed by atoms with Crippen molar-refractivity contribution in [3.05, 3.63) is 95.7 Å². The number of carbonyl (C=O) groups is 1. The third-order valence-corrected chi connectivity index (χ3v) is 6.15. The molecule has 4 aromatic rings. The lowest BCUT2D eigenvalue weighted by Gasteiger charge is -2.21. The van der Waals surface area contributed by atoms with E-state index < -0.39 is 0 Å². The summed E-state index contributed by atoms with van der Waals surface area (Å²) in [6.45, 7) is 2.01. The number of rotatable bonds is 8. The smallest absolute Gasteiger partial charge is 0.221 e. The molecule has 0 radical (unpaired) electrons. The van der Waals surface area contributed by atoms with Crippen LogP contribution in [0.4, 0.5) is 0 Å². The molecule has 1 heterocycles.